The van der Waals surface area contributed by atoms with Crippen LogP contribution in [0.2, 0.25) is 0 Å². The van der Waals surface area contributed by atoms with Gasteiger partial charge in [-0.1, -0.05) is 0 Å². The number of hydrogen-bond donors (Lipinski definition) is 4. The van der Waals surface area contributed by atoms with Crippen LogP contribution in [0.4, 0.5) is 0 Å². The first kappa shape index (κ1) is 15.9. The van der Waals surface area contributed by atoms with Crippen molar-refractivity contribution in [1.29, 1.82) is 0 Å². The first-order valence-electron chi connectivity index (χ1n) is 6.43. The Morgan fingerprint density at radius 1 is 1.37 bits per heavy atom. The molecule has 0 spiro atoms. The molecular formula is C13H22N2O4. The summed E-state index contributed by atoms with van der Waals surface area (Å²) in [6.07, 6.45) is 4.45. The molecule has 4 atom stereocenters. The molecule has 19 heavy (non-hydrogen) atoms. The molecule has 0 saturated carbocycles. The van der Waals surface area contributed by atoms with E-state index in [-0.39, 0.29) is 18.9 Å². The molecule has 0 aromatic carbocycles. The summed E-state index contributed by atoms with van der Waals surface area (Å²) in [4.78, 5) is 13.2. The predicted octanol–water partition coefficient (Wildman–Crippen LogP) is -1.70. The number of carbonyl (C=O) groups excluding carboxylic acids is 1. The summed E-state index contributed by atoms with van der Waals surface area (Å²) in [6.45, 7) is 0.268. The van der Waals surface area contributed by atoms with Crippen LogP contribution in [-0.2, 0) is 4.79 Å². The molecule has 1 fully saturated rings. The summed E-state index contributed by atoms with van der Waals surface area (Å²) in [6, 6.07) is -1.05. The van der Waals surface area contributed by atoms with Crippen LogP contribution in [0.15, 0.2) is 0 Å². The largest absolute Gasteiger partial charge is 0.395 e. The highest BCUT2D eigenvalue weighted by molar-refractivity contribution is 5.76. The van der Waals surface area contributed by atoms with Crippen molar-refractivity contribution in [3.05, 3.63) is 0 Å². The molecule has 1 rings (SSSR count). The Labute approximate surface area is 113 Å². The Hall–Kier alpha value is -1.13. The lowest BCUT2D eigenvalue weighted by atomic mass is 10.1. The molecule has 1 amide bonds. The number of carbonyl (C=O) groups is 1. The van der Waals surface area contributed by atoms with Crippen LogP contribution in [-0.4, -0.2) is 70.6 Å². The van der Waals surface area contributed by atoms with Crippen molar-refractivity contribution in [3.8, 4) is 12.3 Å². The summed E-state index contributed by atoms with van der Waals surface area (Å²) >= 11 is 0. The highest BCUT2D eigenvalue weighted by Crippen LogP contribution is 2.27. The fourth-order valence-electron chi connectivity index (χ4n) is 2.53. The van der Waals surface area contributed by atoms with E-state index in [9.17, 15) is 20.1 Å². The quantitative estimate of drug-likeness (QED) is 0.341. The summed E-state index contributed by atoms with van der Waals surface area (Å²) in [5, 5.41) is 31.8. The molecule has 0 unspecified atom stereocenters. The van der Waals surface area contributed by atoms with E-state index in [1.54, 1.807) is 4.90 Å². The number of amides is 1. The van der Waals surface area contributed by atoms with Gasteiger partial charge < -0.3 is 20.6 Å². The third-order valence-electron chi connectivity index (χ3n) is 3.59. The number of nitrogens with one attached hydrogen (secondary N) is 1. The smallest absolute Gasteiger partial charge is 0.221 e. The maximum absolute atomic E-state index is 11.5. The van der Waals surface area contributed by atoms with Gasteiger partial charge in [0, 0.05) is 25.9 Å². The molecule has 1 aliphatic heterocycles. The lowest BCUT2D eigenvalue weighted by Gasteiger charge is -2.28. The van der Waals surface area contributed by atoms with Crippen LogP contribution in [0.5, 0.6) is 0 Å². The van der Waals surface area contributed by atoms with Gasteiger partial charge in [-0.2, -0.15) is 0 Å². The number of aliphatic hydroxyl groups excluding tert-OH is 3. The van der Waals surface area contributed by atoms with Crippen molar-refractivity contribution < 1.29 is 20.1 Å². The zero-order valence-corrected chi connectivity index (χ0v) is 11.1. The zero-order chi connectivity index (χ0) is 14.4. The lowest BCUT2D eigenvalue weighted by molar-refractivity contribution is -0.122. The van der Waals surface area contributed by atoms with Crippen molar-refractivity contribution >= 4 is 5.91 Å². The Bertz CT molecular complexity index is 342. The van der Waals surface area contributed by atoms with E-state index < -0.39 is 24.3 Å². The van der Waals surface area contributed by atoms with E-state index >= 15 is 0 Å². The third-order valence-corrected chi connectivity index (χ3v) is 3.59. The summed E-state index contributed by atoms with van der Waals surface area (Å²) < 4.78 is 0. The predicted molar refractivity (Wildman–Crippen MR) is 70.1 cm³/mol. The fraction of sp³-hybridized carbons (Fsp3) is 0.769. The van der Waals surface area contributed by atoms with E-state index in [1.807, 2.05) is 0 Å². The first-order chi connectivity index (χ1) is 9.06. The minimum atomic E-state index is -1.05. The average molecular weight is 270 g/mol. The summed E-state index contributed by atoms with van der Waals surface area (Å²) in [5.41, 5.74) is 0. The second kappa shape index (κ2) is 7.46. The standard InChI is InChI=1S/C13H22N2O4/c1-3-4-5-6-15-9(7-11(17)14-2)12(18)13(19)10(15)8-16/h1,9-10,12-13,16,18-19H,4-8H2,2H3,(H,14,17)/t9-,10-,12-,13-/m1/s1. The molecule has 1 saturated heterocycles. The molecule has 4 N–H and O–H groups in total. The highest BCUT2D eigenvalue weighted by Gasteiger charge is 2.47. The van der Waals surface area contributed by atoms with E-state index in [2.05, 4.69) is 11.2 Å². The van der Waals surface area contributed by atoms with Crippen LogP contribution in [0.3, 0.4) is 0 Å². The van der Waals surface area contributed by atoms with Crippen molar-refractivity contribution in [3.63, 3.8) is 0 Å². The molecule has 0 aliphatic carbocycles. The van der Waals surface area contributed by atoms with Crippen LogP contribution in [0.1, 0.15) is 19.3 Å². The summed E-state index contributed by atoms with van der Waals surface area (Å²) in [7, 11) is 1.52. The Balaban J connectivity index is 2.76. The number of nitrogens with zero attached hydrogens (tertiary/aromatic N) is 1. The van der Waals surface area contributed by atoms with Gasteiger partial charge in [-0.15, -0.1) is 12.3 Å². The molecule has 1 heterocycles. The van der Waals surface area contributed by atoms with Gasteiger partial charge in [0.1, 0.15) is 0 Å². The topological polar surface area (TPSA) is 93.0 Å². The van der Waals surface area contributed by atoms with Crippen molar-refractivity contribution in [2.45, 2.75) is 43.6 Å². The maximum Gasteiger partial charge on any atom is 0.221 e. The molecule has 0 aromatic rings. The minimum absolute atomic E-state index is 0.0846. The van der Waals surface area contributed by atoms with Crippen LogP contribution < -0.4 is 5.32 Å². The monoisotopic (exact) mass is 270 g/mol. The van der Waals surface area contributed by atoms with Gasteiger partial charge in [0.25, 0.3) is 0 Å². The van der Waals surface area contributed by atoms with E-state index in [0.29, 0.717) is 19.4 Å². The van der Waals surface area contributed by atoms with Gasteiger partial charge in [0.15, 0.2) is 0 Å². The van der Waals surface area contributed by atoms with Crippen LogP contribution in [0, 0.1) is 12.3 Å². The summed E-state index contributed by atoms with van der Waals surface area (Å²) in [5.74, 6) is 2.31. The Morgan fingerprint density at radius 2 is 2.00 bits per heavy atom. The van der Waals surface area contributed by atoms with Gasteiger partial charge >= 0.3 is 0 Å². The molecular weight excluding hydrogens is 248 g/mol. The van der Waals surface area contributed by atoms with E-state index in [1.165, 1.54) is 7.05 Å². The van der Waals surface area contributed by atoms with Crippen LogP contribution in [0.25, 0.3) is 0 Å². The van der Waals surface area contributed by atoms with Gasteiger partial charge in [0.2, 0.25) is 5.91 Å². The number of aliphatic hydroxyl groups is 3. The molecule has 1 aliphatic rings. The number of unbranched alkanes of at least 4 members (excludes halogenated alkanes) is 1. The Morgan fingerprint density at radius 3 is 2.53 bits per heavy atom. The van der Waals surface area contributed by atoms with E-state index in [4.69, 9.17) is 6.42 Å². The minimum Gasteiger partial charge on any atom is -0.395 e. The molecule has 6 nitrogen and oxygen atoms in total. The second-order valence-electron chi connectivity index (χ2n) is 4.72. The SMILES string of the molecule is C#CCCCN1[C@H](CO)[C@@H](O)[C@H](O)[C@H]1CC(=O)NC. The molecule has 108 valence electrons. The number of terminal acetylenes is 1. The van der Waals surface area contributed by atoms with E-state index in [0.717, 1.165) is 0 Å². The maximum atomic E-state index is 11.5. The number of likely N-dealkylation sites (tertiary alicyclic amines) is 1. The van der Waals surface area contributed by atoms with Crippen molar-refractivity contribution in [2.75, 3.05) is 20.2 Å². The molecule has 0 aromatic heterocycles. The van der Waals surface area contributed by atoms with Gasteiger partial charge in [-0.3, -0.25) is 9.69 Å². The van der Waals surface area contributed by atoms with Crippen molar-refractivity contribution in [1.82, 2.24) is 10.2 Å². The molecule has 0 radical (unpaired) electrons. The number of rotatable bonds is 6. The van der Waals surface area contributed by atoms with Gasteiger partial charge in [-0.05, 0) is 13.0 Å². The van der Waals surface area contributed by atoms with Crippen LogP contribution >= 0.6 is 0 Å². The molecule has 0 bridgehead atoms. The van der Waals surface area contributed by atoms with Gasteiger partial charge in [-0.25, -0.2) is 0 Å². The molecule has 6 heteroatoms. The normalized spacial score (nSPS) is 31.1. The van der Waals surface area contributed by atoms with Gasteiger partial charge in [0.05, 0.1) is 24.9 Å². The average Bonchev–Trinajstić information content (AvgIpc) is 2.63. The second-order valence-corrected chi connectivity index (χ2v) is 4.72. The first-order valence-corrected chi connectivity index (χ1v) is 6.43. The lowest BCUT2D eigenvalue weighted by Crippen LogP contribution is -2.43. The zero-order valence-electron chi connectivity index (χ0n) is 11.1. The highest BCUT2D eigenvalue weighted by atomic mass is 16.3. The fourth-order valence-corrected chi connectivity index (χ4v) is 2.53. The third kappa shape index (κ3) is 3.67. The van der Waals surface area contributed by atoms with Crippen molar-refractivity contribution in [2.24, 2.45) is 0 Å². The Kier molecular flexibility index (Phi) is 6.25. The number of hydrogen-bond acceptors (Lipinski definition) is 5.